The van der Waals surface area contributed by atoms with Crippen LogP contribution in [-0.2, 0) is 40.1 Å². The van der Waals surface area contributed by atoms with E-state index < -0.39 is 35.4 Å². The van der Waals surface area contributed by atoms with Crippen molar-refractivity contribution in [3.63, 3.8) is 0 Å². The lowest BCUT2D eigenvalue weighted by Gasteiger charge is -2.32. The Hall–Kier alpha value is -1.64. The lowest BCUT2D eigenvalue weighted by atomic mass is 9.49. The maximum absolute atomic E-state index is 12.3. The van der Waals surface area contributed by atoms with E-state index in [0.29, 0.717) is 5.56 Å². The number of rotatable bonds is 6. The van der Waals surface area contributed by atoms with Crippen molar-refractivity contribution in [2.75, 3.05) is 7.11 Å². The third-order valence-electron chi connectivity index (χ3n) is 7.04. The Labute approximate surface area is 223 Å². The number of hydrogen-bond acceptors (Lipinski definition) is 9. The van der Waals surface area contributed by atoms with Crippen LogP contribution < -0.4 is 4.18 Å². The van der Waals surface area contributed by atoms with Crippen LogP contribution in [-0.4, -0.2) is 63.7 Å². The number of halogens is 3. The van der Waals surface area contributed by atoms with Gasteiger partial charge in [0.25, 0.3) is 0 Å². The van der Waals surface area contributed by atoms with Gasteiger partial charge in [0.2, 0.25) is 0 Å². The quantitative estimate of drug-likeness (QED) is 0.214. The summed E-state index contributed by atoms with van der Waals surface area (Å²) in [4.78, 5) is 11.0. The first-order valence-electron chi connectivity index (χ1n) is 11.8. The molecule has 2 fully saturated rings. The van der Waals surface area contributed by atoms with Crippen LogP contribution in [0.5, 0.6) is 5.75 Å². The second-order valence-corrected chi connectivity index (χ2v) is 12.7. The van der Waals surface area contributed by atoms with Crippen molar-refractivity contribution in [3.8, 4) is 5.75 Å². The number of aldehydes is 1. The predicted octanol–water partition coefficient (Wildman–Crippen LogP) is 4.43. The molecular formula is C23H35B2F3O9S. The molecule has 0 atom stereocenters. The van der Waals surface area contributed by atoms with Crippen LogP contribution in [0.1, 0.15) is 76.9 Å². The van der Waals surface area contributed by atoms with Gasteiger partial charge in [0.1, 0.15) is 0 Å². The molecule has 0 bridgehead atoms. The second kappa shape index (κ2) is 10.7. The molecule has 2 aliphatic heterocycles. The molecule has 0 amide bonds. The molecule has 2 saturated heterocycles. The zero-order chi connectivity index (χ0) is 29.5. The zero-order valence-corrected chi connectivity index (χ0v) is 24.1. The number of methoxy groups -OCH3 is 1. The Kier molecular flexibility index (Phi) is 9.20. The van der Waals surface area contributed by atoms with Gasteiger partial charge in [-0.2, -0.15) is 21.6 Å². The van der Waals surface area contributed by atoms with Crippen LogP contribution in [0, 0.1) is 6.92 Å². The van der Waals surface area contributed by atoms with Crippen molar-refractivity contribution in [2.24, 2.45) is 0 Å². The third-order valence-corrected chi connectivity index (χ3v) is 8.00. The van der Waals surface area contributed by atoms with Crippen LogP contribution >= 0.6 is 0 Å². The van der Waals surface area contributed by atoms with Crippen LogP contribution in [0.25, 0.3) is 0 Å². The van der Waals surface area contributed by atoms with Gasteiger partial charge >= 0.3 is 29.6 Å². The minimum atomic E-state index is -5.83. The maximum atomic E-state index is 12.3. The van der Waals surface area contributed by atoms with Crippen LogP contribution in [0.4, 0.5) is 13.2 Å². The van der Waals surface area contributed by atoms with Gasteiger partial charge in [-0.3, -0.25) is 4.79 Å². The van der Waals surface area contributed by atoms with E-state index in [1.807, 2.05) is 55.4 Å². The van der Waals surface area contributed by atoms with E-state index in [0.717, 1.165) is 6.07 Å². The standard InChI is InChI=1S/C12H24B2O4.C11H11F3O5S/c1-9(2)10(3,4)16-13(15-9)14-17-11(5,6)12(7,8)18-14;1-7-3-8(6-18-2)9(5-15)10(4-7)19-20(16,17)11(12,13)14/h1-8H3;3-5H,6H2,1-2H3. The maximum Gasteiger partial charge on any atom is 0.534 e. The predicted molar refractivity (Wildman–Crippen MR) is 135 cm³/mol. The van der Waals surface area contributed by atoms with Crippen LogP contribution in [0.3, 0.4) is 0 Å². The highest BCUT2D eigenvalue weighted by Gasteiger charge is 2.63. The van der Waals surface area contributed by atoms with Crippen LogP contribution in [0.2, 0.25) is 0 Å². The Morgan fingerprint density at radius 1 is 0.868 bits per heavy atom. The molecule has 38 heavy (non-hydrogen) atoms. The lowest BCUT2D eigenvalue weighted by Crippen LogP contribution is -2.41. The largest absolute Gasteiger partial charge is 0.534 e. The molecule has 0 unspecified atom stereocenters. The van der Waals surface area contributed by atoms with E-state index in [4.69, 9.17) is 23.4 Å². The fourth-order valence-electron chi connectivity index (χ4n) is 3.48. The van der Waals surface area contributed by atoms with Gasteiger partial charge in [0.05, 0.1) is 34.6 Å². The van der Waals surface area contributed by atoms with Crippen molar-refractivity contribution < 1.29 is 53.9 Å². The molecule has 0 saturated carbocycles. The fraction of sp³-hybridized carbons (Fsp3) is 0.696. The highest BCUT2D eigenvalue weighted by molar-refractivity contribution is 7.88. The van der Waals surface area contributed by atoms with E-state index in [1.54, 1.807) is 0 Å². The zero-order valence-electron chi connectivity index (χ0n) is 23.3. The van der Waals surface area contributed by atoms with E-state index in [2.05, 4.69) is 4.18 Å². The van der Waals surface area contributed by atoms with Gasteiger partial charge in [-0.15, -0.1) is 0 Å². The van der Waals surface area contributed by atoms with Gasteiger partial charge in [-0.1, -0.05) is 6.07 Å². The molecule has 1 aromatic rings. The Morgan fingerprint density at radius 2 is 1.26 bits per heavy atom. The molecule has 3 rings (SSSR count). The minimum Gasteiger partial charge on any atom is -0.405 e. The molecule has 2 heterocycles. The summed E-state index contributed by atoms with van der Waals surface area (Å²) in [5.41, 5.74) is -6.65. The molecule has 0 spiro atoms. The summed E-state index contributed by atoms with van der Waals surface area (Å²) in [7, 11) is -5.46. The van der Waals surface area contributed by atoms with E-state index >= 15 is 0 Å². The summed E-state index contributed by atoms with van der Waals surface area (Å²) in [6, 6.07) is 2.52. The van der Waals surface area contributed by atoms with E-state index in [-0.39, 0.29) is 46.4 Å². The second-order valence-electron chi connectivity index (χ2n) is 11.1. The van der Waals surface area contributed by atoms with Crippen molar-refractivity contribution in [2.45, 2.75) is 96.8 Å². The Bertz CT molecular complexity index is 1070. The van der Waals surface area contributed by atoms with Gasteiger partial charge in [-0.05, 0) is 79.5 Å². The molecule has 2 aliphatic rings. The average molecular weight is 566 g/mol. The molecule has 0 N–H and O–H groups in total. The summed E-state index contributed by atoms with van der Waals surface area (Å²) in [6.07, 6.45) is 0.217. The van der Waals surface area contributed by atoms with E-state index in [9.17, 15) is 26.4 Å². The van der Waals surface area contributed by atoms with Crippen molar-refractivity contribution in [3.05, 3.63) is 28.8 Å². The summed E-state index contributed by atoms with van der Waals surface area (Å²) >= 11 is 0. The van der Waals surface area contributed by atoms with Gasteiger partial charge < -0.3 is 27.5 Å². The monoisotopic (exact) mass is 566 g/mol. The van der Waals surface area contributed by atoms with Gasteiger partial charge in [0.15, 0.2) is 12.0 Å². The first kappa shape index (κ1) is 32.6. The van der Waals surface area contributed by atoms with E-state index in [1.165, 1.54) is 20.1 Å². The first-order valence-corrected chi connectivity index (χ1v) is 13.2. The number of alkyl halides is 3. The number of carbonyl (C=O) groups excluding carboxylic acids is 1. The topological polar surface area (TPSA) is 107 Å². The molecule has 9 nitrogen and oxygen atoms in total. The third kappa shape index (κ3) is 6.73. The Balaban J connectivity index is 0.000000268. The fourth-order valence-corrected chi connectivity index (χ4v) is 3.95. The molecule has 1 aromatic carbocycles. The smallest absolute Gasteiger partial charge is 0.405 e. The minimum absolute atomic E-state index is 0.0713. The lowest BCUT2D eigenvalue weighted by molar-refractivity contribution is -0.0500. The number of aryl methyl sites for hydroxylation is 1. The van der Waals surface area contributed by atoms with Crippen LogP contribution in [0.15, 0.2) is 12.1 Å². The number of hydrogen-bond donors (Lipinski definition) is 0. The molecular weight excluding hydrogens is 531 g/mol. The molecule has 214 valence electrons. The summed E-state index contributed by atoms with van der Waals surface area (Å²) in [6.45, 7) is 17.7. The normalized spacial score (nSPS) is 21.6. The number of carbonyl (C=O) groups is 1. The molecule has 0 aromatic heterocycles. The highest BCUT2D eigenvalue weighted by Crippen LogP contribution is 2.43. The summed E-state index contributed by atoms with van der Waals surface area (Å²) in [5, 5.41) is 0. The molecule has 15 heteroatoms. The van der Waals surface area contributed by atoms with Gasteiger partial charge in [0, 0.05) is 7.11 Å². The van der Waals surface area contributed by atoms with Crippen molar-refractivity contribution in [1.29, 1.82) is 0 Å². The van der Waals surface area contributed by atoms with Crippen molar-refractivity contribution >= 4 is 30.4 Å². The molecule has 0 aliphatic carbocycles. The summed E-state index contributed by atoms with van der Waals surface area (Å²) < 4.78 is 91.4. The van der Waals surface area contributed by atoms with Gasteiger partial charge in [-0.25, -0.2) is 0 Å². The molecule has 0 radical (unpaired) electrons. The first-order chi connectivity index (χ1) is 17.0. The van der Waals surface area contributed by atoms with Crippen molar-refractivity contribution in [1.82, 2.24) is 0 Å². The SMILES string of the molecule is CC1(C)OB(B2OC(C)(C)C(C)(C)O2)OC1(C)C.COCc1cc(C)cc(OS(=O)(=O)C(F)(F)F)c1C=O. The number of ether oxygens (including phenoxy) is 1. The Morgan fingerprint density at radius 3 is 1.58 bits per heavy atom. The number of benzene rings is 1. The highest BCUT2D eigenvalue weighted by atomic mass is 32.2. The summed E-state index contributed by atoms with van der Waals surface area (Å²) in [5.74, 6) is -0.677. The average Bonchev–Trinajstić information content (AvgIpc) is 3.07.